The highest BCUT2D eigenvalue weighted by Gasteiger charge is 2.19. The predicted octanol–water partition coefficient (Wildman–Crippen LogP) is 1.49. The van der Waals surface area contributed by atoms with Gasteiger partial charge in [0.05, 0.1) is 12.8 Å². The number of hydrogen-bond acceptors (Lipinski definition) is 5. The van der Waals surface area contributed by atoms with Crippen LogP contribution in [-0.2, 0) is 4.79 Å². The van der Waals surface area contributed by atoms with E-state index in [0.29, 0.717) is 11.4 Å². The molecule has 7 heteroatoms. The lowest BCUT2D eigenvalue weighted by atomic mass is 10.1. The number of nitrogens with two attached hydrogens (primary N) is 2. The third-order valence-electron chi connectivity index (χ3n) is 2.87. The summed E-state index contributed by atoms with van der Waals surface area (Å²) in [6.45, 7) is 0. The summed E-state index contributed by atoms with van der Waals surface area (Å²) >= 11 is 1.40. The summed E-state index contributed by atoms with van der Waals surface area (Å²) in [5.74, 6) is -0.556. The van der Waals surface area contributed by atoms with Crippen LogP contribution in [0.3, 0.4) is 0 Å². The van der Waals surface area contributed by atoms with Crippen molar-refractivity contribution in [3.8, 4) is 5.75 Å². The van der Waals surface area contributed by atoms with Crippen molar-refractivity contribution in [3.05, 3.63) is 46.2 Å². The molecule has 21 heavy (non-hydrogen) atoms. The summed E-state index contributed by atoms with van der Waals surface area (Å²) in [6.07, 6.45) is 0. The second-order valence-corrected chi connectivity index (χ2v) is 5.24. The first-order valence-corrected chi connectivity index (χ1v) is 6.98. The molecule has 0 bridgehead atoms. The number of carbonyl (C=O) groups is 2. The van der Waals surface area contributed by atoms with E-state index in [1.54, 1.807) is 12.1 Å². The van der Waals surface area contributed by atoms with Crippen LogP contribution in [0.5, 0.6) is 5.75 Å². The van der Waals surface area contributed by atoms with Crippen LogP contribution in [-0.4, -0.2) is 18.9 Å². The Morgan fingerprint density at radius 2 is 2.10 bits per heavy atom. The third kappa shape index (κ3) is 3.39. The van der Waals surface area contributed by atoms with Crippen molar-refractivity contribution in [2.75, 3.05) is 12.4 Å². The van der Waals surface area contributed by atoms with E-state index in [9.17, 15) is 9.59 Å². The topological polar surface area (TPSA) is 107 Å². The number of carbonyl (C=O) groups excluding carboxylic acids is 2. The summed E-state index contributed by atoms with van der Waals surface area (Å²) in [7, 11) is 1.47. The van der Waals surface area contributed by atoms with E-state index in [-0.39, 0.29) is 5.56 Å². The maximum Gasteiger partial charge on any atom is 0.248 e. The molecule has 6 nitrogen and oxygen atoms in total. The van der Waals surface area contributed by atoms with Crippen LogP contribution < -0.4 is 21.5 Å². The molecule has 0 aliphatic carbocycles. The number of rotatable bonds is 5. The molecule has 2 amide bonds. The molecule has 1 atom stereocenters. The molecule has 0 saturated heterocycles. The van der Waals surface area contributed by atoms with Crippen molar-refractivity contribution in [2.24, 2.45) is 11.5 Å². The fourth-order valence-corrected chi connectivity index (χ4v) is 2.49. The van der Waals surface area contributed by atoms with Gasteiger partial charge < -0.3 is 21.5 Å². The number of nitrogens with one attached hydrogen (secondary N) is 1. The van der Waals surface area contributed by atoms with Gasteiger partial charge in [0, 0.05) is 10.4 Å². The fourth-order valence-electron chi connectivity index (χ4n) is 1.77. The minimum absolute atomic E-state index is 0.274. The lowest BCUT2D eigenvalue weighted by Gasteiger charge is -2.14. The molecule has 0 saturated carbocycles. The zero-order chi connectivity index (χ0) is 15.4. The summed E-state index contributed by atoms with van der Waals surface area (Å²) in [6, 6.07) is 7.36. The van der Waals surface area contributed by atoms with Crippen molar-refractivity contribution in [1.29, 1.82) is 0 Å². The Labute approximate surface area is 125 Å². The number of primary amides is 1. The van der Waals surface area contributed by atoms with E-state index in [1.807, 2.05) is 11.4 Å². The molecular weight excluding hydrogens is 290 g/mol. The minimum Gasteiger partial charge on any atom is -0.495 e. The predicted molar refractivity (Wildman–Crippen MR) is 81.4 cm³/mol. The second kappa shape index (κ2) is 6.38. The Kier molecular flexibility index (Phi) is 4.56. The Morgan fingerprint density at radius 3 is 2.67 bits per heavy atom. The van der Waals surface area contributed by atoms with E-state index in [0.717, 1.165) is 4.88 Å². The molecule has 0 aliphatic heterocycles. The molecule has 2 rings (SSSR count). The number of methoxy groups -OCH3 is 1. The quantitative estimate of drug-likeness (QED) is 0.777. The zero-order valence-corrected chi connectivity index (χ0v) is 12.1. The van der Waals surface area contributed by atoms with Gasteiger partial charge in [0.1, 0.15) is 11.8 Å². The minimum atomic E-state index is -0.785. The summed E-state index contributed by atoms with van der Waals surface area (Å²) in [4.78, 5) is 24.1. The van der Waals surface area contributed by atoms with Crippen molar-refractivity contribution in [2.45, 2.75) is 6.04 Å². The molecule has 0 spiro atoms. The van der Waals surface area contributed by atoms with Crippen LogP contribution in [0.2, 0.25) is 0 Å². The molecule has 1 aromatic carbocycles. The molecular formula is C14H15N3O3S. The van der Waals surface area contributed by atoms with E-state index in [4.69, 9.17) is 16.2 Å². The monoisotopic (exact) mass is 305 g/mol. The maximum atomic E-state index is 12.2. The van der Waals surface area contributed by atoms with Crippen molar-refractivity contribution in [3.63, 3.8) is 0 Å². The van der Waals surface area contributed by atoms with E-state index in [1.165, 1.54) is 30.6 Å². The van der Waals surface area contributed by atoms with Gasteiger partial charge in [-0.25, -0.2) is 0 Å². The summed E-state index contributed by atoms with van der Waals surface area (Å²) < 4.78 is 5.15. The van der Waals surface area contributed by atoms with Crippen molar-refractivity contribution < 1.29 is 14.3 Å². The van der Waals surface area contributed by atoms with E-state index in [2.05, 4.69) is 5.32 Å². The van der Waals surface area contributed by atoms with Gasteiger partial charge in [0.2, 0.25) is 11.8 Å². The maximum absolute atomic E-state index is 12.2. The van der Waals surface area contributed by atoms with Gasteiger partial charge in [-0.2, -0.15) is 0 Å². The van der Waals surface area contributed by atoms with E-state index < -0.39 is 17.9 Å². The fraction of sp³-hybridized carbons (Fsp3) is 0.143. The average Bonchev–Trinajstić information content (AvgIpc) is 3.00. The molecule has 1 heterocycles. The van der Waals surface area contributed by atoms with Gasteiger partial charge in [0.15, 0.2) is 0 Å². The first kappa shape index (κ1) is 15.0. The molecule has 110 valence electrons. The van der Waals surface area contributed by atoms with Crippen LogP contribution in [0.4, 0.5) is 5.69 Å². The lowest BCUT2D eigenvalue weighted by molar-refractivity contribution is -0.117. The second-order valence-electron chi connectivity index (χ2n) is 4.26. The first-order valence-electron chi connectivity index (χ1n) is 6.10. The molecule has 1 unspecified atom stereocenters. The Balaban J connectivity index is 2.23. The number of thiophene rings is 1. The normalized spacial score (nSPS) is 11.7. The number of hydrogen-bond donors (Lipinski definition) is 3. The molecule has 2 aromatic rings. The van der Waals surface area contributed by atoms with Gasteiger partial charge in [-0.3, -0.25) is 9.59 Å². The highest BCUT2D eigenvalue weighted by Crippen LogP contribution is 2.27. The largest absolute Gasteiger partial charge is 0.495 e. The van der Waals surface area contributed by atoms with Crippen LogP contribution in [0, 0.1) is 0 Å². The Bertz CT molecular complexity index is 655. The number of benzene rings is 1. The van der Waals surface area contributed by atoms with E-state index >= 15 is 0 Å². The molecule has 5 N–H and O–H groups in total. The summed E-state index contributed by atoms with van der Waals surface area (Å²) in [5.41, 5.74) is 11.7. The van der Waals surface area contributed by atoms with Crippen LogP contribution in [0.1, 0.15) is 21.3 Å². The smallest absolute Gasteiger partial charge is 0.248 e. The van der Waals surface area contributed by atoms with Crippen molar-refractivity contribution in [1.82, 2.24) is 0 Å². The van der Waals surface area contributed by atoms with Gasteiger partial charge in [0.25, 0.3) is 0 Å². The van der Waals surface area contributed by atoms with Crippen molar-refractivity contribution >= 4 is 28.8 Å². The van der Waals surface area contributed by atoms with Crippen LogP contribution in [0.25, 0.3) is 0 Å². The molecule has 0 fully saturated rings. The highest BCUT2D eigenvalue weighted by molar-refractivity contribution is 7.10. The Morgan fingerprint density at radius 1 is 1.33 bits per heavy atom. The van der Waals surface area contributed by atoms with Gasteiger partial charge in [-0.1, -0.05) is 6.07 Å². The van der Waals surface area contributed by atoms with Crippen LogP contribution in [0.15, 0.2) is 35.7 Å². The van der Waals surface area contributed by atoms with Crippen LogP contribution >= 0.6 is 11.3 Å². The van der Waals surface area contributed by atoms with Gasteiger partial charge in [-0.15, -0.1) is 11.3 Å². The first-order chi connectivity index (χ1) is 10.0. The number of ether oxygens (including phenoxy) is 1. The zero-order valence-electron chi connectivity index (χ0n) is 11.3. The lowest BCUT2D eigenvalue weighted by Crippen LogP contribution is -2.27. The summed E-state index contributed by atoms with van der Waals surface area (Å²) in [5, 5.41) is 4.50. The SMILES string of the molecule is COc1ccc(C(N)=O)cc1NC(=O)C(N)c1cccs1. The standard InChI is InChI=1S/C14H15N3O3S/c1-20-10-5-4-8(13(16)18)7-9(10)17-14(19)12(15)11-3-2-6-21-11/h2-7,12H,15H2,1H3,(H2,16,18)(H,17,19). The molecule has 0 radical (unpaired) electrons. The Hall–Kier alpha value is -2.38. The number of anilines is 1. The molecule has 1 aromatic heterocycles. The third-order valence-corrected chi connectivity index (χ3v) is 3.83. The number of amides is 2. The highest BCUT2D eigenvalue weighted by atomic mass is 32.1. The van der Waals surface area contributed by atoms with Gasteiger partial charge in [-0.05, 0) is 29.6 Å². The molecule has 0 aliphatic rings. The van der Waals surface area contributed by atoms with Gasteiger partial charge >= 0.3 is 0 Å². The average molecular weight is 305 g/mol.